The van der Waals surface area contributed by atoms with E-state index < -0.39 is 0 Å². The number of hydrogen-bond acceptors (Lipinski definition) is 3. The molecule has 4 rings (SSSR count). The van der Waals surface area contributed by atoms with Crippen LogP contribution in [-0.4, -0.2) is 47.9 Å². The van der Waals surface area contributed by atoms with E-state index in [0.29, 0.717) is 25.6 Å². The molecule has 0 bridgehead atoms. The molecule has 144 valence electrons. The second-order valence-corrected chi connectivity index (χ2v) is 7.71. The van der Waals surface area contributed by atoms with E-state index >= 15 is 0 Å². The van der Waals surface area contributed by atoms with Gasteiger partial charge in [0.2, 0.25) is 11.8 Å². The van der Waals surface area contributed by atoms with Gasteiger partial charge in [0.05, 0.1) is 13.0 Å². The molecule has 2 aliphatic rings. The number of carbonyl (C=O) groups excluding carboxylic acids is 2. The number of amides is 2. The second-order valence-electron chi connectivity index (χ2n) is 7.71. The Hall–Kier alpha value is -2.50. The normalized spacial score (nSPS) is 20.6. The Morgan fingerprint density at radius 3 is 2.93 bits per heavy atom. The summed E-state index contributed by atoms with van der Waals surface area (Å²) in [6.45, 7) is 1.17. The number of methoxy groups -OCH3 is 1. The Bertz CT molecular complexity index is 838. The summed E-state index contributed by atoms with van der Waals surface area (Å²) < 4.78 is 5.31. The van der Waals surface area contributed by atoms with Crippen LogP contribution in [0.25, 0.3) is 10.9 Å². The van der Waals surface area contributed by atoms with Crippen LogP contribution in [-0.2, 0) is 16.0 Å². The van der Waals surface area contributed by atoms with Gasteiger partial charge in [0.1, 0.15) is 5.75 Å². The highest BCUT2D eigenvalue weighted by atomic mass is 16.5. The van der Waals surface area contributed by atoms with E-state index in [1.807, 2.05) is 29.3 Å². The number of ether oxygens (including phenoxy) is 1. The van der Waals surface area contributed by atoms with Crippen molar-refractivity contribution in [3.8, 4) is 5.75 Å². The van der Waals surface area contributed by atoms with E-state index in [4.69, 9.17) is 4.74 Å². The van der Waals surface area contributed by atoms with Gasteiger partial charge in [-0.2, -0.15) is 0 Å². The second kappa shape index (κ2) is 7.62. The largest absolute Gasteiger partial charge is 0.497 e. The van der Waals surface area contributed by atoms with Crippen LogP contribution in [0.3, 0.4) is 0 Å². The maximum Gasteiger partial charge on any atom is 0.225 e. The third-order valence-corrected chi connectivity index (χ3v) is 5.91. The summed E-state index contributed by atoms with van der Waals surface area (Å²) in [7, 11) is 1.66. The summed E-state index contributed by atoms with van der Waals surface area (Å²) in [4.78, 5) is 29.9. The topological polar surface area (TPSA) is 74.4 Å². The van der Waals surface area contributed by atoms with Crippen LogP contribution < -0.4 is 10.1 Å². The number of rotatable bonds is 6. The van der Waals surface area contributed by atoms with E-state index in [0.717, 1.165) is 41.5 Å². The maximum atomic E-state index is 12.5. The van der Waals surface area contributed by atoms with Crippen LogP contribution in [0.5, 0.6) is 5.75 Å². The number of H-pyrrole nitrogens is 1. The zero-order chi connectivity index (χ0) is 18.8. The summed E-state index contributed by atoms with van der Waals surface area (Å²) >= 11 is 0. The zero-order valence-corrected chi connectivity index (χ0v) is 15.8. The average Bonchev–Trinajstić information content (AvgIpc) is 3.40. The third kappa shape index (κ3) is 3.80. The van der Waals surface area contributed by atoms with Gasteiger partial charge in [0.15, 0.2) is 0 Å². The average molecular weight is 369 g/mol. The van der Waals surface area contributed by atoms with E-state index in [9.17, 15) is 9.59 Å². The molecule has 0 spiro atoms. The predicted octanol–water partition coefficient (Wildman–Crippen LogP) is 2.63. The molecule has 1 aromatic heterocycles. The van der Waals surface area contributed by atoms with E-state index in [1.165, 1.54) is 12.8 Å². The van der Waals surface area contributed by atoms with Gasteiger partial charge in [-0.3, -0.25) is 9.59 Å². The Kier molecular flexibility index (Phi) is 5.05. The van der Waals surface area contributed by atoms with Gasteiger partial charge in [0, 0.05) is 42.7 Å². The first-order valence-corrected chi connectivity index (χ1v) is 9.86. The van der Waals surface area contributed by atoms with E-state index in [1.54, 1.807) is 7.11 Å². The minimum Gasteiger partial charge on any atom is -0.497 e. The lowest BCUT2D eigenvalue weighted by atomic mass is 10.1. The molecule has 2 N–H and O–H groups in total. The van der Waals surface area contributed by atoms with Crippen molar-refractivity contribution in [1.82, 2.24) is 15.2 Å². The molecule has 2 aromatic rings. The SMILES string of the molecule is COc1ccc2[nH]cc(CCN3C[C@@H](C(=O)NC4CCCC4)CC3=O)c2c1. The number of nitrogens with zero attached hydrogens (tertiary/aromatic N) is 1. The molecule has 1 aliphatic heterocycles. The lowest BCUT2D eigenvalue weighted by Gasteiger charge is -2.18. The molecular formula is C21H27N3O3. The number of nitrogens with one attached hydrogen (secondary N) is 2. The molecule has 27 heavy (non-hydrogen) atoms. The predicted molar refractivity (Wildman–Crippen MR) is 104 cm³/mol. The first kappa shape index (κ1) is 17.9. The van der Waals surface area contributed by atoms with Crippen LogP contribution in [0.2, 0.25) is 0 Å². The van der Waals surface area contributed by atoms with Crippen LogP contribution in [0.4, 0.5) is 0 Å². The third-order valence-electron chi connectivity index (χ3n) is 5.91. The van der Waals surface area contributed by atoms with Crippen molar-refractivity contribution in [2.45, 2.75) is 44.6 Å². The summed E-state index contributed by atoms with van der Waals surface area (Å²) in [5.41, 5.74) is 2.22. The molecule has 6 heteroatoms. The van der Waals surface area contributed by atoms with Gasteiger partial charge in [-0.25, -0.2) is 0 Å². The molecule has 2 heterocycles. The van der Waals surface area contributed by atoms with Crippen LogP contribution >= 0.6 is 0 Å². The summed E-state index contributed by atoms with van der Waals surface area (Å²) in [5, 5.41) is 4.25. The Balaban J connectivity index is 1.36. The van der Waals surface area contributed by atoms with Crippen LogP contribution in [0.1, 0.15) is 37.7 Å². The van der Waals surface area contributed by atoms with Crippen molar-refractivity contribution in [2.75, 3.05) is 20.2 Å². The van der Waals surface area contributed by atoms with Crippen molar-refractivity contribution < 1.29 is 14.3 Å². The number of carbonyl (C=O) groups is 2. The van der Waals surface area contributed by atoms with E-state index in [2.05, 4.69) is 10.3 Å². The van der Waals surface area contributed by atoms with Gasteiger partial charge in [-0.15, -0.1) is 0 Å². The minimum absolute atomic E-state index is 0.0505. The molecule has 0 unspecified atom stereocenters. The smallest absolute Gasteiger partial charge is 0.225 e. The Labute approximate surface area is 159 Å². The molecule has 1 saturated heterocycles. The number of aromatic amines is 1. The lowest BCUT2D eigenvalue weighted by molar-refractivity contribution is -0.129. The van der Waals surface area contributed by atoms with Crippen molar-refractivity contribution in [3.63, 3.8) is 0 Å². The Morgan fingerprint density at radius 1 is 1.33 bits per heavy atom. The highest BCUT2D eigenvalue weighted by Crippen LogP contribution is 2.26. The molecule has 1 saturated carbocycles. The van der Waals surface area contributed by atoms with Crippen molar-refractivity contribution in [3.05, 3.63) is 30.0 Å². The zero-order valence-electron chi connectivity index (χ0n) is 15.8. The molecule has 0 radical (unpaired) electrons. The number of benzene rings is 1. The molecule has 1 atom stereocenters. The summed E-state index contributed by atoms with van der Waals surface area (Å²) in [6.07, 6.45) is 7.61. The van der Waals surface area contributed by atoms with Crippen LogP contribution in [0, 0.1) is 5.92 Å². The molecule has 2 amide bonds. The number of likely N-dealkylation sites (tertiary alicyclic amines) is 1. The Morgan fingerprint density at radius 2 is 2.15 bits per heavy atom. The fraction of sp³-hybridized carbons (Fsp3) is 0.524. The standard InChI is InChI=1S/C21H27N3O3/c1-27-17-6-7-19-18(11-17)14(12-22-19)8-9-24-13-15(10-20(24)25)21(26)23-16-4-2-3-5-16/h6-7,11-12,15-16,22H,2-5,8-10,13H2,1H3,(H,23,26)/t15-/m0/s1. The first-order valence-electron chi connectivity index (χ1n) is 9.86. The number of aromatic nitrogens is 1. The molecule has 1 aliphatic carbocycles. The fourth-order valence-electron chi connectivity index (χ4n) is 4.30. The lowest BCUT2D eigenvalue weighted by Crippen LogP contribution is -2.38. The first-order chi connectivity index (χ1) is 13.1. The highest BCUT2D eigenvalue weighted by Gasteiger charge is 2.35. The minimum atomic E-state index is -0.207. The van der Waals surface area contributed by atoms with Crippen molar-refractivity contribution in [1.29, 1.82) is 0 Å². The molecule has 1 aromatic carbocycles. The fourth-order valence-corrected chi connectivity index (χ4v) is 4.30. The molecular weight excluding hydrogens is 342 g/mol. The highest BCUT2D eigenvalue weighted by molar-refractivity contribution is 5.89. The number of fused-ring (bicyclic) bond motifs is 1. The van der Waals surface area contributed by atoms with Crippen molar-refractivity contribution in [2.24, 2.45) is 5.92 Å². The van der Waals surface area contributed by atoms with Gasteiger partial charge in [-0.1, -0.05) is 12.8 Å². The van der Waals surface area contributed by atoms with Crippen LogP contribution in [0.15, 0.2) is 24.4 Å². The number of hydrogen-bond donors (Lipinski definition) is 2. The van der Waals surface area contributed by atoms with Gasteiger partial charge in [0.25, 0.3) is 0 Å². The molecule has 6 nitrogen and oxygen atoms in total. The van der Waals surface area contributed by atoms with Crippen molar-refractivity contribution >= 4 is 22.7 Å². The van der Waals surface area contributed by atoms with E-state index in [-0.39, 0.29) is 17.7 Å². The molecule has 2 fully saturated rings. The summed E-state index contributed by atoms with van der Waals surface area (Å²) in [6, 6.07) is 6.26. The summed E-state index contributed by atoms with van der Waals surface area (Å²) in [5.74, 6) is 0.749. The quantitative estimate of drug-likeness (QED) is 0.822. The maximum absolute atomic E-state index is 12.5. The van der Waals surface area contributed by atoms with Gasteiger partial charge in [-0.05, 0) is 43.0 Å². The van der Waals surface area contributed by atoms with Gasteiger partial charge < -0.3 is 19.9 Å². The van der Waals surface area contributed by atoms with Gasteiger partial charge >= 0.3 is 0 Å². The monoisotopic (exact) mass is 369 g/mol.